The Bertz CT molecular complexity index is 1550. The minimum Gasteiger partial charge on any atom is -0.388 e. The Labute approximate surface area is 233 Å². The van der Waals surface area contributed by atoms with E-state index in [1.807, 2.05) is 91.0 Å². The average Bonchev–Trinajstić information content (AvgIpc) is 3.37. The summed E-state index contributed by atoms with van der Waals surface area (Å²) in [5, 5.41) is 15.3. The molecule has 0 radical (unpaired) electrons. The first kappa shape index (κ1) is 26.2. The van der Waals surface area contributed by atoms with Gasteiger partial charge in [-0.3, -0.25) is 4.79 Å². The molecular formula is C33H28ClN3O2. The Balaban J connectivity index is 1.46. The predicted molar refractivity (Wildman–Crippen MR) is 158 cm³/mol. The fourth-order valence-electron chi connectivity index (χ4n) is 4.54. The maximum absolute atomic E-state index is 12.5. The number of rotatable bonds is 9. The fourth-order valence-corrected chi connectivity index (χ4v) is 4.67. The number of hydrazone groups is 1. The van der Waals surface area contributed by atoms with Gasteiger partial charge < -0.3 is 9.67 Å². The Morgan fingerprint density at radius 2 is 1.44 bits per heavy atom. The highest BCUT2D eigenvalue weighted by molar-refractivity contribution is 6.30. The lowest BCUT2D eigenvalue weighted by atomic mass is 10.1. The van der Waals surface area contributed by atoms with Crippen molar-refractivity contribution in [1.82, 2.24) is 9.99 Å². The summed E-state index contributed by atoms with van der Waals surface area (Å²) in [4.78, 5) is 12.5. The van der Waals surface area contributed by atoms with E-state index in [0.29, 0.717) is 11.4 Å². The van der Waals surface area contributed by atoms with E-state index in [2.05, 4.69) is 45.4 Å². The van der Waals surface area contributed by atoms with E-state index in [1.165, 1.54) is 0 Å². The predicted octanol–water partition coefficient (Wildman–Crippen LogP) is 7.43. The van der Waals surface area contributed by atoms with Crippen LogP contribution in [-0.2, 0) is 4.79 Å². The molecule has 0 spiro atoms. The molecule has 1 atom stereocenters. The normalized spacial score (nSPS) is 11.9. The molecule has 1 heterocycles. The van der Waals surface area contributed by atoms with Gasteiger partial charge in [0.2, 0.25) is 5.91 Å². The lowest BCUT2D eigenvalue weighted by Gasteiger charge is -2.15. The van der Waals surface area contributed by atoms with E-state index in [9.17, 15) is 9.90 Å². The minimum absolute atomic E-state index is 0.153. The van der Waals surface area contributed by atoms with Crippen LogP contribution in [0.4, 0.5) is 0 Å². The molecule has 39 heavy (non-hydrogen) atoms. The topological polar surface area (TPSA) is 66.6 Å². The third kappa shape index (κ3) is 6.34. The second kappa shape index (κ2) is 12.4. The molecule has 0 aliphatic rings. The van der Waals surface area contributed by atoms with E-state index in [0.717, 1.165) is 39.3 Å². The van der Waals surface area contributed by atoms with Crippen molar-refractivity contribution >= 4 is 23.7 Å². The van der Waals surface area contributed by atoms with Crippen molar-refractivity contribution in [3.63, 3.8) is 0 Å². The van der Waals surface area contributed by atoms with Gasteiger partial charge in [0.05, 0.1) is 23.7 Å². The van der Waals surface area contributed by atoms with E-state index in [1.54, 1.807) is 6.21 Å². The van der Waals surface area contributed by atoms with Crippen LogP contribution in [0, 0.1) is 0 Å². The van der Waals surface area contributed by atoms with Crippen LogP contribution < -0.4 is 5.43 Å². The number of hydrogen-bond acceptors (Lipinski definition) is 3. The Hall–Kier alpha value is -4.45. The summed E-state index contributed by atoms with van der Waals surface area (Å²) in [6.45, 7) is 0. The first-order valence-corrected chi connectivity index (χ1v) is 13.2. The number of aliphatic hydroxyl groups is 1. The highest BCUT2D eigenvalue weighted by Crippen LogP contribution is 2.35. The summed E-state index contributed by atoms with van der Waals surface area (Å²) in [6, 6.07) is 39.3. The van der Waals surface area contributed by atoms with E-state index < -0.39 is 6.10 Å². The number of nitrogens with zero attached hydrogens (tertiary/aromatic N) is 2. The molecule has 0 aliphatic heterocycles. The zero-order valence-corrected chi connectivity index (χ0v) is 22.0. The molecule has 2 N–H and O–H groups in total. The molecule has 5 nitrogen and oxygen atoms in total. The van der Waals surface area contributed by atoms with Crippen LogP contribution in [0.1, 0.15) is 30.1 Å². The van der Waals surface area contributed by atoms with Crippen molar-refractivity contribution in [1.29, 1.82) is 0 Å². The lowest BCUT2D eigenvalue weighted by molar-refractivity contribution is -0.121. The molecule has 5 aromatic rings. The third-order valence-electron chi connectivity index (χ3n) is 6.45. The smallest absolute Gasteiger partial charge is 0.240 e. The van der Waals surface area contributed by atoms with Gasteiger partial charge in [0, 0.05) is 22.7 Å². The van der Waals surface area contributed by atoms with Gasteiger partial charge in [-0.1, -0.05) is 103 Å². The number of benzene rings is 4. The maximum atomic E-state index is 12.5. The quantitative estimate of drug-likeness (QED) is 0.153. The molecule has 1 amide bonds. The van der Waals surface area contributed by atoms with Crippen LogP contribution >= 0.6 is 11.6 Å². The molecule has 0 saturated heterocycles. The van der Waals surface area contributed by atoms with E-state index in [4.69, 9.17) is 11.6 Å². The van der Waals surface area contributed by atoms with Gasteiger partial charge in [-0.25, -0.2) is 5.43 Å². The summed E-state index contributed by atoms with van der Waals surface area (Å²) in [5.74, 6) is -0.261. The number of hydrogen-bond donors (Lipinski definition) is 2. The summed E-state index contributed by atoms with van der Waals surface area (Å²) in [5.41, 5.74) is 9.19. The molecular weight excluding hydrogens is 506 g/mol. The number of halogens is 1. The zero-order chi connectivity index (χ0) is 27.0. The van der Waals surface area contributed by atoms with Gasteiger partial charge in [-0.15, -0.1) is 0 Å². The van der Waals surface area contributed by atoms with Crippen molar-refractivity contribution in [3.8, 4) is 28.2 Å². The summed E-state index contributed by atoms with van der Waals surface area (Å²) in [7, 11) is 0. The van der Waals surface area contributed by atoms with Crippen LogP contribution in [-0.4, -0.2) is 21.8 Å². The second-order valence-electron chi connectivity index (χ2n) is 9.14. The Morgan fingerprint density at radius 1 is 0.846 bits per heavy atom. The van der Waals surface area contributed by atoms with Crippen molar-refractivity contribution < 1.29 is 9.90 Å². The first-order valence-electron chi connectivity index (χ1n) is 12.8. The molecule has 0 bridgehead atoms. The molecule has 0 saturated carbocycles. The summed E-state index contributed by atoms with van der Waals surface area (Å²) in [6.07, 6.45) is 1.44. The molecule has 194 valence electrons. The molecule has 1 aromatic heterocycles. The third-order valence-corrected chi connectivity index (χ3v) is 6.71. The van der Waals surface area contributed by atoms with Gasteiger partial charge >= 0.3 is 0 Å². The average molecular weight is 534 g/mol. The minimum atomic E-state index is -0.701. The number of amides is 1. The van der Waals surface area contributed by atoms with Gasteiger partial charge in [0.25, 0.3) is 0 Å². The highest BCUT2D eigenvalue weighted by Gasteiger charge is 2.19. The number of aliphatic hydroxyl groups excluding tert-OH is 1. The fraction of sp³-hybridized carbons (Fsp3) is 0.0909. The monoisotopic (exact) mass is 533 g/mol. The maximum Gasteiger partial charge on any atom is 0.240 e. The SMILES string of the molecule is O=C(CC[C@@H](O)c1ccccc1)N/N=C\c1cc(-c2ccccc2)n(-c2ccc(Cl)cc2)c1-c1ccccc1. The van der Waals surface area contributed by atoms with Gasteiger partial charge in [0.1, 0.15) is 0 Å². The molecule has 6 heteroatoms. The number of carbonyl (C=O) groups excluding carboxylic acids is 1. The van der Waals surface area contributed by atoms with E-state index in [-0.39, 0.29) is 12.3 Å². The van der Waals surface area contributed by atoms with E-state index >= 15 is 0 Å². The standard InChI is InChI=1S/C33H28ClN3O2/c34-28-16-18-29(19-17-28)37-30(24-10-4-1-5-11-24)22-27(33(37)26-14-8-3-9-15-26)23-35-36-32(39)21-20-31(38)25-12-6-2-7-13-25/h1-19,22-23,31,38H,20-21H2,(H,36,39)/b35-23-/t31-/m1/s1. The number of aromatic nitrogens is 1. The van der Waals surface area contributed by atoms with Crippen molar-refractivity contribution in [2.45, 2.75) is 18.9 Å². The second-order valence-corrected chi connectivity index (χ2v) is 9.57. The molecule has 4 aromatic carbocycles. The Kier molecular flexibility index (Phi) is 8.32. The largest absolute Gasteiger partial charge is 0.388 e. The first-order chi connectivity index (χ1) is 19.1. The van der Waals surface area contributed by atoms with Crippen LogP contribution in [0.15, 0.2) is 126 Å². The molecule has 0 fully saturated rings. The molecule has 0 aliphatic carbocycles. The van der Waals surface area contributed by atoms with Gasteiger partial charge in [0.15, 0.2) is 0 Å². The summed E-state index contributed by atoms with van der Waals surface area (Å²) >= 11 is 6.21. The van der Waals surface area contributed by atoms with Crippen LogP contribution in [0.5, 0.6) is 0 Å². The zero-order valence-electron chi connectivity index (χ0n) is 21.2. The van der Waals surface area contributed by atoms with Crippen LogP contribution in [0.25, 0.3) is 28.2 Å². The Morgan fingerprint density at radius 3 is 2.08 bits per heavy atom. The van der Waals surface area contributed by atoms with Gasteiger partial charge in [-0.05, 0) is 53.4 Å². The van der Waals surface area contributed by atoms with Crippen LogP contribution in [0.2, 0.25) is 5.02 Å². The molecule has 0 unspecified atom stereocenters. The highest BCUT2D eigenvalue weighted by atomic mass is 35.5. The number of nitrogens with one attached hydrogen (secondary N) is 1. The van der Waals surface area contributed by atoms with Gasteiger partial charge in [-0.2, -0.15) is 5.10 Å². The number of carbonyl (C=O) groups is 1. The van der Waals surface area contributed by atoms with Crippen molar-refractivity contribution in [2.24, 2.45) is 5.10 Å². The lowest BCUT2D eigenvalue weighted by Crippen LogP contribution is -2.18. The van der Waals surface area contributed by atoms with Crippen molar-refractivity contribution in [2.75, 3.05) is 0 Å². The van der Waals surface area contributed by atoms with Crippen LogP contribution in [0.3, 0.4) is 0 Å². The molecule has 5 rings (SSSR count). The van der Waals surface area contributed by atoms with Crippen molar-refractivity contribution in [3.05, 3.63) is 137 Å². The summed E-state index contributed by atoms with van der Waals surface area (Å²) < 4.78 is 2.18.